The van der Waals surface area contributed by atoms with Crippen molar-refractivity contribution >= 4 is 5.91 Å². The van der Waals surface area contributed by atoms with Gasteiger partial charge < -0.3 is 10.2 Å². The minimum absolute atomic E-state index is 0.104. The van der Waals surface area contributed by atoms with E-state index in [9.17, 15) is 4.79 Å². The summed E-state index contributed by atoms with van der Waals surface area (Å²) in [5.74, 6) is 0.799. The summed E-state index contributed by atoms with van der Waals surface area (Å²) in [4.78, 5) is 14.9. The maximum absolute atomic E-state index is 12.8. The van der Waals surface area contributed by atoms with Crippen molar-refractivity contribution in [3.05, 3.63) is 18.0 Å². The second-order valence-corrected chi connectivity index (χ2v) is 8.47. The average Bonchev–Trinajstić information content (AvgIpc) is 2.91. The van der Waals surface area contributed by atoms with E-state index in [0.717, 1.165) is 45.4 Å². The molecule has 1 aromatic heterocycles. The number of hydrogen-bond donors (Lipinski definition) is 1. The zero-order valence-corrected chi connectivity index (χ0v) is 15.4. The summed E-state index contributed by atoms with van der Waals surface area (Å²) in [5, 5.41) is 8.00. The maximum atomic E-state index is 12.8. The first-order valence-electron chi connectivity index (χ1n) is 9.50. The van der Waals surface area contributed by atoms with Crippen LogP contribution < -0.4 is 5.32 Å². The molecule has 1 N–H and O–H groups in total. The van der Waals surface area contributed by atoms with Crippen LogP contribution in [0.3, 0.4) is 0 Å². The first-order chi connectivity index (χ1) is 11.4. The molecule has 0 radical (unpaired) electrons. The molecule has 0 aliphatic carbocycles. The fraction of sp³-hybridized carbons (Fsp3) is 0.789. The molecule has 3 heterocycles. The zero-order chi connectivity index (χ0) is 17.2. The van der Waals surface area contributed by atoms with Crippen molar-refractivity contribution < 1.29 is 4.79 Å². The van der Waals surface area contributed by atoms with Crippen molar-refractivity contribution in [3.8, 4) is 0 Å². The molecular weight excluding hydrogens is 300 g/mol. The molecule has 2 unspecified atom stereocenters. The van der Waals surface area contributed by atoms with E-state index in [1.54, 1.807) is 0 Å². The first-order valence-corrected chi connectivity index (χ1v) is 9.50. The third kappa shape index (κ3) is 4.00. The Morgan fingerprint density at radius 3 is 2.75 bits per heavy atom. The Kier molecular flexibility index (Phi) is 5.28. The molecule has 5 nitrogen and oxygen atoms in total. The molecule has 0 aromatic carbocycles. The third-order valence-corrected chi connectivity index (χ3v) is 5.71. The summed E-state index contributed by atoms with van der Waals surface area (Å²) in [5.41, 5.74) is 0.934. The van der Waals surface area contributed by atoms with Crippen molar-refractivity contribution in [2.45, 2.75) is 58.9 Å². The topological polar surface area (TPSA) is 50.2 Å². The summed E-state index contributed by atoms with van der Waals surface area (Å²) in [6.45, 7) is 10.7. The number of carbonyl (C=O) groups excluding carboxylic acids is 1. The van der Waals surface area contributed by atoms with E-state index in [0.29, 0.717) is 23.1 Å². The summed E-state index contributed by atoms with van der Waals surface area (Å²) < 4.78 is 1.98. The van der Waals surface area contributed by atoms with Crippen LogP contribution in [0.15, 0.2) is 12.3 Å². The molecule has 5 heteroatoms. The highest BCUT2D eigenvalue weighted by Gasteiger charge is 2.29. The SMILES string of the molecule is CC(C)(C)C1CCCN(C(=O)c2ccn(C3CCCNC3)n2)CC1. The van der Waals surface area contributed by atoms with Gasteiger partial charge in [0, 0.05) is 25.8 Å². The predicted octanol–water partition coefficient (Wildman–Crippen LogP) is 3.10. The molecule has 2 saturated heterocycles. The number of likely N-dealkylation sites (tertiary alicyclic amines) is 1. The number of carbonyl (C=O) groups is 1. The number of nitrogens with zero attached hydrogens (tertiary/aromatic N) is 3. The van der Waals surface area contributed by atoms with E-state index in [4.69, 9.17) is 0 Å². The molecule has 2 aliphatic heterocycles. The molecule has 24 heavy (non-hydrogen) atoms. The molecule has 134 valence electrons. The smallest absolute Gasteiger partial charge is 0.274 e. The second kappa shape index (κ2) is 7.26. The van der Waals surface area contributed by atoms with E-state index in [2.05, 4.69) is 31.2 Å². The van der Waals surface area contributed by atoms with Crippen LogP contribution in [0.1, 0.15) is 69.4 Å². The zero-order valence-electron chi connectivity index (χ0n) is 15.4. The molecule has 1 aromatic rings. The van der Waals surface area contributed by atoms with Crippen molar-refractivity contribution in [3.63, 3.8) is 0 Å². The molecule has 1 amide bonds. The number of hydrogen-bond acceptors (Lipinski definition) is 3. The van der Waals surface area contributed by atoms with E-state index >= 15 is 0 Å². The Bertz CT molecular complexity index is 554. The van der Waals surface area contributed by atoms with E-state index in [1.165, 1.54) is 12.8 Å². The van der Waals surface area contributed by atoms with Crippen LogP contribution >= 0.6 is 0 Å². The van der Waals surface area contributed by atoms with Gasteiger partial charge in [-0.2, -0.15) is 5.10 Å². The lowest BCUT2D eigenvalue weighted by Crippen LogP contribution is -2.34. The number of amides is 1. The summed E-state index contributed by atoms with van der Waals surface area (Å²) in [6.07, 6.45) is 7.70. The van der Waals surface area contributed by atoms with Crippen LogP contribution in [0.2, 0.25) is 0 Å². The van der Waals surface area contributed by atoms with Gasteiger partial charge in [0.15, 0.2) is 0 Å². The predicted molar refractivity (Wildman–Crippen MR) is 96.1 cm³/mol. The first kappa shape index (κ1) is 17.5. The van der Waals surface area contributed by atoms with Crippen LogP contribution in [0.5, 0.6) is 0 Å². The Balaban J connectivity index is 1.63. The van der Waals surface area contributed by atoms with Crippen LogP contribution in [0, 0.1) is 11.3 Å². The average molecular weight is 332 g/mol. The normalized spacial score (nSPS) is 26.2. The molecule has 2 aliphatic rings. The lowest BCUT2D eigenvalue weighted by molar-refractivity contribution is 0.0748. The van der Waals surface area contributed by atoms with Crippen LogP contribution in [-0.2, 0) is 0 Å². The Morgan fingerprint density at radius 1 is 1.21 bits per heavy atom. The minimum atomic E-state index is 0.104. The number of nitrogens with one attached hydrogen (secondary N) is 1. The minimum Gasteiger partial charge on any atom is -0.337 e. The van der Waals surface area contributed by atoms with Crippen molar-refractivity contribution in [1.82, 2.24) is 20.0 Å². The Hall–Kier alpha value is -1.36. The van der Waals surface area contributed by atoms with Crippen molar-refractivity contribution in [2.75, 3.05) is 26.2 Å². The van der Waals surface area contributed by atoms with Gasteiger partial charge in [0.05, 0.1) is 6.04 Å². The molecule has 3 rings (SSSR count). The summed E-state index contributed by atoms with van der Waals surface area (Å²) >= 11 is 0. The molecule has 0 spiro atoms. The van der Waals surface area contributed by atoms with Crippen LogP contribution in [-0.4, -0.2) is 46.8 Å². The quantitative estimate of drug-likeness (QED) is 0.905. The van der Waals surface area contributed by atoms with Gasteiger partial charge in [-0.1, -0.05) is 20.8 Å². The lowest BCUT2D eigenvalue weighted by atomic mass is 9.77. The molecule has 2 atom stereocenters. The third-order valence-electron chi connectivity index (χ3n) is 5.71. The highest BCUT2D eigenvalue weighted by atomic mass is 16.2. The lowest BCUT2D eigenvalue weighted by Gasteiger charge is -2.29. The number of rotatable bonds is 2. The summed E-state index contributed by atoms with van der Waals surface area (Å²) in [7, 11) is 0. The largest absolute Gasteiger partial charge is 0.337 e. The van der Waals surface area contributed by atoms with Gasteiger partial charge in [-0.05, 0) is 56.0 Å². The van der Waals surface area contributed by atoms with E-state index in [-0.39, 0.29) is 5.91 Å². The van der Waals surface area contributed by atoms with Gasteiger partial charge in [0.25, 0.3) is 5.91 Å². The van der Waals surface area contributed by atoms with Gasteiger partial charge in [-0.15, -0.1) is 0 Å². The molecule has 0 bridgehead atoms. The highest BCUT2D eigenvalue weighted by molar-refractivity contribution is 5.92. The number of aromatic nitrogens is 2. The van der Waals surface area contributed by atoms with E-state index in [1.807, 2.05) is 21.8 Å². The fourth-order valence-electron chi connectivity index (χ4n) is 4.04. The molecule has 2 fully saturated rings. The second-order valence-electron chi connectivity index (χ2n) is 8.47. The Labute approximate surface area is 145 Å². The van der Waals surface area contributed by atoms with Gasteiger partial charge in [0.2, 0.25) is 0 Å². The van der Waals surface area contributed by atoms with Gasteiger partial charge in [0.1, 0.15) is 5.69 Å². The highest BCUT2D eigenvalue weighted by Crippen LogP contribution is 2.34. The van der Waals surface area contributed by atoms with Gasteiger partial charge in [-0.3, -0.25) is 9.48 Å². The maximum Gasteiger partial charge on any atom is 0.274 e. The van der Waals surface area contributed by atoms with Crippen molar-refractivity contribution in [1.29, 1.82) is 0 Å². The number of piperidine rings is 1. The van der Waals surface area contributed by atoms with Crippen LogP contribution in [0.25, 0.3) is 0 Å². The summed E-state index contributed by atoms with van der Waals surface area (Å²) in [6, 6.07) is 2.28. The molecular formula is C19H32N4O. The Morgan fingerprint density at radius 2 is 2.04 bits per heavy atom. The fourth-order valence-corrected chi connectivity index (χ4v) is 4.04. The van der Waals surface area contributed by atoms with Gasteiger partial charge >= 0.3 is 0 Å². The van der Waals surface area contributed by atoms with Crippen molar-refractivity contribution in [2.24, 2.45) is 11.3 Å². The van der Waals surface area contributed by atoms with Crippen LogP contribution in [0.4, 0.5) is 0 Å². The van der Waals surface area contributed by atoms with E-state index < -0.39 is 0 Å². The monoisotopic (exact) mass is 332 g/mol. The standard InChI is InChI=1S/C19H32N4O/c1-19(2,3)15-6-5-11-22(12-8-15)18(24)17-9-13-23(21-17)16-7-4-10-20-14-16/h9,13,15-16,20H,4-8,10-12,14H2,1-3H3. The van der Waals surface area contributed by atoms with Gasteiger partial charge in [-0.25, -0.2) is 0 Å². The molecule has 0 saturated carbocycles.